The Balaban J connectivity index is 2.40. The molecule has 104 valence electrons. The fourth-order valence-corrected chi connectivity index (χ4v) is 3.45. The van der Waals surface area contributed by atoms with Gasteiger partial charge in [-0.05, 0) is 43.1 Å². The lowest BCUT2D eigenvalue weighted by molar-refractivity contribution is -0.145. The van der Waals surface area contributed by atoms with E-state index < -0.39 is 5.97 Å². The molecule has 0 spiro atoms. The van der Waals surface area contributed by atoms with Crippen molar-refractivity contribution in [2.24, 2.45) is 17.3 Å². The van der Waals surface area contributed by atoms with Crippen molar-refractivity contribution in [2.75, 3.05) is 7.11 Å². The zero-order valence-electron chi connectivity index (χ0n) is 12.2. The maximum absolute atomic E-state index is 12.5. The molecule has 3 nitrogen and oxygen atoms in total. The minimum atomic E-state index is -0.466. The van der Waals surface area contributed by atoms with Crippen molar-refractivity contribution in [2.45, 2.75) is 40.0 Å². The van der Waals surface area contributed by atoms with Crippen LogP contribution in [-0.2, 0) is 14.3 Å². The number of Topliss-reactive ketones (excluding diaryl/α,β-unsaturated/α-hetero) is 1. The van der Waals surface area contributed by atoms with E-state index in [1.165, 1.54) is 7.11 Å². The van der Waals surface area contributed by atoms with Crippen molar-refractivity contribution >= 4 is 11.8 Å². The Bertz CT molecular complexity index is 482. The minimum absolute atomic E-state index is 0.0137. The average molecular weight is 262 g/mol. The lowest BCUT2D eigenvalue weighted by Crippen LogP contribution is -2.55. The number of carbonyl (C=O) groups excluding carboxylic acids is 2. The highest BCUT2D eigenvalue weighted by Crippen LogP contribution is 2.60. The fourth-order valence-electron chi connectivity index (χ4n) is 3.45. The molecule has 0 radical (unpaired) electrons. The summed E-state index contributed by atoms with van der Waals surface area (Å²) in [6.45, 7) is 10.1. The second-order valence-corrected chi connectivity index (χ2v) is 6.38. The third kappa shape index (κ3) is 2.05. The van der Waals surface area contributed by atoms with Gasteiger partial charge in [0.2, 0.25) is 0 Å². The molecule has 19 heavy (non-hydrogen) atoms. The number of esters is 1. The predicted octanol–water partition coefficient (Wildman–Crippen LogP) is 3.06. The van der Waals surface area contributed by atoms with Crippen molar-refractivity contribution in [1.29, 1.82) is 0 Å². The summed E-state index contributed by atoms with van der Waals surface area (Å²) in [5.41, 5.74) is 2.37. The molecule has 3 aliphatic rings. The summed E-state index contributed by atoms with van der Waals surface area (Å²) in [6.07, 6.45) is 2.45. The summed E-state index contributed by atoms with van der Waals surface area (Å²) in [7, 11) is 1.34. The highest BCUT2D eigenvalue weighted by Gasteiger charge is 2.58. The molecule has 3 rings (SSSR count). The van der Waals surface area contributed by atoms with Gasteiger partial charge in [0, 0.05) is 5.92 Å². The summed E-state index contributed by atoms with van der Waals surface area (Å²) in [5.74, 6) is -0.160. The third-order valence-electron chi connectivity index (χ3n) is 4.78. The van der Waals surface area contributed by atoms with Gasteiger partial charge in [-0.2, -0.15) is 0 Å². The molecule has 0 saturated heterocycles. The van der Waals surface area contributed by atoms with E-state index in [-0.39, 0.29) is 17.1 Å². The number of carbonyl (C=O) groups is 2. The zero-order valence-corrected chi connectivity index (χ0v) is 12.2. The molecule has 2 bridgehead atoms. The minimum Gasteiger partial charge on any atom is -0.465 e. The molecule has 2 atom stereocenters. The lowest BCUT2D eigenvalue weighted by atomic mass is 9.46. The highest BCUT2D eigenvalue weighted by atomic mass is 16.5. The van der Waals surface area contributed by atoms with Crippen molar-refractivity contribution in [3.05, 3.63) is 23.3 Å². The van der Waals surface area contributed by atoms with Crippen LogP contribution in [0, 0.1) is 17.3 Å². The van der Waals surface area contributed by atoms with Crippen LogP contribution in [-0.4, -0.2) is 18.9 Å². The van der Waals surface area contributed by atoms with Gasteiger partial charge in [0.15, 0.2) is 5.78 Å². The van der Waals surface area contributed by atoms with E-state index in [4.69, 9.17) is 4.74 Å². The maximum atomic E-state index is 12.5. The molecule has 0 heterocycles. The number of methoxy groups -OCH3 is 1. The molecular formula is C16H22O3. The molecule has 0 aromatic rings. The number of fused-ring (bicyclic) bond motifs is 1. The smallest absolute Gasteiger partial charge is 0.341 e. The van der Waals surface area contributed by atoms with Gasteiger partial charge >= 0.3 is 5.97 Å². The topological polar surface area (TPSA) is 43.4 Å². The second kappa shape index (κ2) is 4.62. The highest BCUT2D eigenvalue weighted by molar-refractivity contribution is 6.20. The van der Waals surface area contributed by atoms with Gasteiger partial charge in [0.25, 0.3) is 0 Å². The van der Waals surface area contributed by atoms with Crippen LogP contribution in [0.25, 0.3) is 0 Å². The van der Waals surface area contributed by atoms with Gasteiger partial charge in [-0.25, -0.2) is 4.79 Å². The molecule has 0 aliphatic heterocycles. The quantitative estimate of drug-likeness (QED) is 0.444. The number of rotatable bonds is 4. The first-order valence-corrected chi connectivity index (χ1v) is 6.80. The third-order valence-corrected chi connectivity index (χ3v) is 4.78. The molecule has 0 amide bonds. The second-order valence-electron chi connectivity index (χ2n) is 6.38. The van der Waals surface area contributed by atoms with E-state index >= 15 is 0 Å². The van der Waals surface area contributed by atoms with Crippen LogP contribution in [0.2, 0.25) is 0 Å². The summed E-state index contributed by atoms with van der Waals surface area (Å²) in [5, 5.41) is 0. The Labute approximate surface area is 114 Å². The maximum Gasteiger partial charge on any atom is 0.341 e. The van der Waals surface area contributed by atoms with E-state index in [0.717, 1.165) is 30.4 Å². The van der Waals surface area contributed by atoms with Crippen LogP contribution in [0.1, 0.15) is 40.0 Å². The molecular weight excluding hydrogens is 240 g/mol. The first-order chi connectivity index (χ1) is 8.80. The Kier molecular flexibility index (Phi) is 3.41. The first-order valence-electron chi connectivity index (χ1n) is 6.80. The molecule has 3 heteroatoms. The van der Waals surface area contributed by atoms with Crippen molar-refractivity contribution in [3.8, 4) is 0 Å². The normalized spacial score (nSPS) is 27.9. The largest absolute Gasteiger partial charge is 0.465 e. The first kappa shape index (κ1) is 14.0. The SMILES string of the molecule is C=C(C)CCC1=C(C(=O)OC)C(=O)[C@H]2C[C@H]1C2(C)C. The zero-order chi connectivity index (χ0) is 14.4. The van der Waals surface area contributed by atoms with Gasteiger partial charge in [0.1, 0.15) is 5.57 Å². The van der Waals surface area contributed by atoms with Gasteiger partial charge in [-0.3, -0.25) is 4.79 Å². The molecule has 0 aromatic carbocycles. The summed E-state index contributed by atoms with van der Waals surface area (Å²) in [6, 6.07) is 0. The van der Waals surface area contributed by atoms with Crippen molar-refractivity contribution < 1.29 is 14.3 Å². The van der Waals surface area contributed by atoms with Gasteiger partial charge in [-0.1, -0.05) is 19.4 Å². The number of hydrogen-bond donors (Lipinski definition) is 0. The van der Waals surface area contributed by atoms with Gasteiger partial charge in [-0.15, -0.1) is 6.58 Å². The Morgan fingerprint density at radius 1 is 1.42 bits per heavy atom. The van der Waals surface area contributed by atoms with Crippen LogP contribution >= 0.6 is 0 Å². The number of ether oxygens (including phenoxy) is 1. The standard InChI is InChI=1S/C16H22O3/c1-9(2)6-7-10-11-8-12(16(11,3)4)14(17)13(10)15(18)19-5/h11-12H,1,6-8H2,2-5H3/t11-,12-/m1/s1. The number of hydrogen-bond acceptors (Lipinski definition) is 3. The van der Waals surface area contributed by atoms with Crippen molar-refractivity contribution in [3.63, 3.8) is 0 Å². The Hall–Kier alpha value is -1.38. The van der Waals surface area contributed by atoms with Crippen LogP contribution in [0.3, 0.4) is 0 Å². The molecule has 1 fully saturated rings. The lowest BCUT2D eigenvalue weighted by Gasteiger charge is -2.56. The van der Waals surface area contributed by atoms with Crippen LogP contribution in [0.4, 0.5) is 0 Å². The monoisotopic (exact) mass is 262 g/mol. The molecule has 1 saturated carbocycles. The molecule has 0 unspecified atom stereocenters. The Morgan fingerprint density at radius 2 is 2.05 bits per heavy atom. The number of allylic oxidation sites excluding steroid dienone is 2. The molecule has 3 aliphatic carbocycles. The van der Waals surface area contributed by atoms with Crippen LogP contribution < -0.4 is 0 Å². The van der Waals surface area contributed by atoms with E-state index in [2.05, 4.69) is 20.4 Å². The average Bonchev–Trinajstić information content (AvgIpc) is 2.34. The van der Waals surface area contributed by atoms with Crippen molar-refractivity contribution in [1.82, 2.24) is 0 Å². The molecule has 0 aromatic heterocycles. The van der Waals surface area contributed by atoms with E-state index in [0.29, 0.717) is 11.5 Å². The molecule has 0 N–H and O–H groups in total. The van der Waals surface area contributed by atoms with Gasteiger partial charge in [0.05, 0.1) is 7.11 Å². The summed E-state index contributed by atoms with van der Waals surface area (Å²) < 4.78 is 4.79. The van der Waals surface area contributed by atoms with E-state index in [9.17, 15) is 9.59 Å². The predicted molar refractivity (Wildman–Crippen MR) is 73.5 cm³/mol. The van der Waals surface area contributed by atoms with Crippen LogP contribution in [0.15, 0.2) is 23.3 Å². The number of ketones is 1. The summed E-state index contributed by atoms with van der Waals surface area (Å²) in [4.78, 5) is 24.3. The summed E-state index contributed by atoms with van der Waals surface area (Å²) >= 11 is 0. The van der Waals surface area contributed by atoms with E-state index in [1.807, 2.05) is 6.92 Å². The Morgan fingerprint density at radius 3 is 2.53 bits per heavy atom. The van der Waals surface area contributed by atoms with Gasteiger partial charge < -0.3 is 4.74 Å². The van der Waals surface area contributed by atoms with Crippen LogP contribution in [0.5, 0.6) is 0 Å². The fraction of sp³-hybridized carbons (Fsp3) is 0.625. The van der Waals surface area contributed by atoms with E-state index in [1.54, 1.807) is 0 Å².